The summed E-state index contributed by atoms with van der Waals surface area (Å²) >= 11 is 0.947. The molecule has 1 heterocycles. The zero-order valence-corrected chi connectivity index (χ0v) is 13.3. The van der Waals surface area contributed by atoms with Crippen LogP contribution in [0.15, 0.2) is 18.1 Å². The minimum absolute atomic E-state index is 0.0462. The molecule has 1 atom stereocenters. The Morgan fingerprint density at radius 2 is 2.10 bits per heavy atom. The Bertz CT molecular complexity index is 512. The molecule has 1 rings (SSSR count). The summed E-state index contributed by atoms with van der Waals surface area (Å²) in [6, 6.07) is 0. The van der Waals surface area contributed by atoms with E-state index in [1.807, 2.05) is 0 Å². The van der Waals surface area contributed by atoms with E-state index in [0.29, 0.717) is 5.06 Å². The lowest BCUT2D eigenvalue weighted by Crippen LogP contribution is -2.32. The van der Waals surface area contributed by atoms with Crippen LogP contribution in [0.4, 0.5) is 0 Å². The fourth-order valence-electron chi connectivity index (χ4n) is 1.47. The van der Waals surface area contributed by atoms with Gasteiger partial charge in [-0.25, -0.2) is 4.79 Å². The zero-order valence-electron chi connectivity index (χ0n) is 11.6. The topological polar surface area (TPSA) is 90.0 Å². The van der Waals surface area contributed by atoms with Gasteiger partial charge in [0.05, 0.1) is 18.8 Å². The summed E-state index contributed by atoms with van der Waals surface area (Å²) in [5.41, 5.74) is 2.40. The molecular formula is C12H16NO6PS. The maximum absolute atomic E-state index is 12.2. The van der Waals surface area contributed by atoms with Crippen LogP contribution < -0.4 is 0 Å². The van der Waals surface area contributed by atoms with Gasteiger partial charge in [-0.15, -0.1) is 10.8 Å². The lowest BCUT2D eigenvalue weighted by atomic mass is 10.4. The van der Waals surface area contributed by atoms with Gasteiger partial charge < -0.3 is 9.36 Å². The summed E-state index contributed by atoms with van der Waals surface area (Å²) in [5.74, 6) is -0.409. The largest absolute Gasteiger partial charge is 0.334 e. The predicted molar refractivity (Wildman–Crippen MR) is 77.2 cm³/mol. The summed E-state index contributed by atoms with van der Waals surface area (Å²) in [7, 11) is 0. The first-order valence-corrected chi connectivity index (χ1v) is 9.52. The molecule has 1 aliphatic rings. The highest BCUT2D eigenvalue weighted by atomic mass is 32.7. The van der Waals surface area contributed by atoms with E-state index in [-0.39, 0.29) is 31.6 Å². The van der Waals surface area contributed by atoms with Crippen molar-refractivity contribution in [2.75, 3.05) is 12.4 Å². The molecule has 1 unspecified atom stereocenters. The van der Waals surface area contributed by atoms with Crippen LogP contribution >= 0.6 is 18.0 Å². The van der Waals surface area contributed by atoms with Crippen molar-refractivity contribution in [3.05, 3.63) is 18.1 Å². The van der Waals surface area contributed by atoms with Gasteiger partial charge in [0.15, 0.2) is 0 Å². The van der Waals surface area contributed by atoms with Gasteiger partial charge in [-0.2, -0.15) is 0 Å². The highest BCUT2D eigenvalue weighted by molar-refractivity contribution is 8.57. The molecule has 0 aromatic rings. The highest BCUT2D eigenvalue weighted by Gasteiger charge is 2.32. The van der Waals surface area contributed by atoms with E-state index in [1.165, 1.54) is 5.82 Å². The Morgan fingerprint density at radius 1 is 1.48 bits per heavy atom. The summed E-state index contributed by atoms with van der Waals surface area (Å²) in [6.45, 7) is 2.22. The third kappa shape index (κ3) is 5.52. The third-order valence-electron chi connectivity index (χ3n) is 2.33. The fraction of sp³-hybridized carbons (Fsp3) is 0.500. The Labute approximate surface area is 126 Å². The van der Waals surface area contributed by atoms with Crippen LogP contribution in [-0.4, -0.2) is 35.2 Å². The Kier molecular flexibility index (Phi) is 6.92. The van der Waals surface area contributed by atoms with Crippen LogP contribution in [0.25, 0.3) is 0 Å². The van der Waals surface area contributed by atoms with Crippen molar-refractivity contribution < 1.29 is 28.3 Å². The van der Waals surface area contributed by atoms with E-state index in [2.05, 4.69) is 17.1 Å². The van der Waals surface area contributed by atoms with Crippen LogP contribution in [0, 0.1) is 0 Å². The predicted octanol–water partition coefficient (Wildman–Crippen LogP) is 2.25. The van der Waals surface area contributed by atoms with Gasteiger partial charge in [0.25, 0.3) is 18.4 Å². The van der Waals surface area contributed by atoms with E-state index >= 15 is 0 Å². The molecule has 1 aliphatic heterocycles. The molecule has 9 heteroatoms. The van der Waals surface area contributed by atoms with Gasteiger partial charge in [-0.3, -0.25) is 14.2 Å². The molecule has 0 aromatic heterocycles. The van der Waals surface area contributed by atoms with Gasteiger partial charge in [-0.05, 0) is 6.92 Å². The quantitative estimate of drug-likeness (QED) is 0.382. The molecule has 1 saturated heterocycles. The Hall–Kier alpha value is -1.33. The van der Waals surface area contributed by atoms with Gasteiger partial charge in [0.1, 0.15) is 0 Å². The first-order valence-electron chi connectivity index (χ1n) is 6.24. The number of nitrogens with zero attached hydrogens (tertiary/aromatic N) is 1. The van der Waals surface area contributed by atoms with Gasteiger partial charge in [0, 0.05) is 18.6 Å². The van der Waals surface area contributed by atoms with E-state index < -0.39 is 24.4 Å². The minimum Gasteiger partial charge on any atom is -0.330 e. The monoisotopic (exact) mass is 333 g/mol. The number of imide groups is 1. The van der Waals surface area contributed by atoms with Crippen molar-refractivity contribution in [1.82, 2.24) is 5.06 Å². The number of rotatable bonds is 8. The van der Waals surface area contributed by atoms with Crippen LogP contribution in [0.1, 0.15) is 26.2 Å². The number of carbonyl (C=O) groups excluding carboxylic acids is 3. The molecule has 0 bridgehead atoms. The molecule has 0 spiro atoms. The molecule has 0 radical (unpaired) electrons. The van der Waals surface area contributed by atoms with Crippen LogP contribution in [-0.2, 0) is 28.3 Å². The van der Waals surface area contributed by atoms with Crippen molar-refractivity contribution in [2.24, 2.45) is 0 Å². The van der Waals surface area contributed by atoms with Crippen molar-refractivity contribution in [2.45, 2.75) is 26.2 Å². The van der Waals surface area contributed by atoms with Crippen molar-refractivity contribution in [3.8, 4) is 0 Å². The number of carbonyl (C=O) groups is 3. The first kappa shape index (κ1) is 17.7. The Balaban J connectivity index is 2.42. The minimum atomic E-state index is -3.07. The number of hydroxylamine groups is 2. The maximum Gasteiger partial charge on any atom is 0.334 e. The standard InChI is InChI=1S/C12H16NO6PS/c1-3-8-20(17,18-4-2)21-9-7-12(16)19-13-10(14)5-6-11(13)15/h8H,1,4-7,9H2,2H3. The lowest BCUT2D eigenvalue weighted by Gasteiger charge is -2.14. The number of hydrogen-bond acceptors (Lipinski definition) is 7. The first-order chi connectivity index (χ1) is 9.91. The Morgan fingerprint density at radius 3 is 2.62 bits per heavy atom. The second-order valence-electron chi connectivity index (χ2n) is 3.92. The van der Waals surface area contributed by atoms with Gasteiger partial charge >= 0.3 is 5.97 Å². The molecule has 1 fully saturated rings. The molecule has 0 N–H and O–H groups in total. The number of amides is 2. The zero-order chi connectivity index (χ0) is 15.9. The van der Waals surface area contributed by atoms with E-state index in [4.69, 9.17) is 4.52 Å². The van der Waals surface area contributed by atoms with Crippen molar-refractivity contribution >= 4 is 35.7 Å². The molecular weight excluding hydrogens is 317 g/mol. The van der Waals surface area contributed by atoms with Gasteiger partial charge in [0.2, 0.25) is 0 Å². The SMILES string of the molecule is C=C=CP(=O)(OCC)SCCC(=O)ON1C(=O)CCC1=O. The third-order valence-corrected chi connectivity index (χ3v) is 6.46. The highest BCUT2D eigenvalue weighted by Crippen LogP contribution is 2.60. The smallest absolute Gasteiger partial charge is 0.330 e. The summed E-state index contributed by atoms with van der Waals surface area (Å²) in [5, 5.41) is 0.485. The van der Waals surface area contributed by atoms with Crippen LogP contribution in [0.5, 0.6) is 0 Å². The molecule has 116 valence electrons. The summed E-state index contributed by atoms with van der Waals surface area (Å²) in [6.07, 6.45) is -0.0150. The average Bonchev–Trinajstić information content (AvgIpc) is 2.71. The summed E-state index contributed by atoms with van der Waals surface area (Å²) in [4.78, 5) is 38.7. The van der Waals surface area contributed by atoms with Gasteiger partial charge in [-0.1, -0.05) is 18.0 Å². The second kappa shape index (κ2) is 8.20. The molecule has 2 amide bonds. The molecule has 7 nitrogen and oxygen atoms in total. The molecule has 0 aliphatic carbocycles. The van der Waals surface area contributed by atoms with E-state index in [0.717, 1.165) is 11.4 Å². The summed E-state index contributed by atoms with van der Waals surface area (Å²) < 4.78 is 17.3. The second-order valence-corrected chi connectivity index (χ2v) is 8.48. The molecule has 21 heavy (non-hydrogen) atoms. The molecule has 0 saturated carbocycles. The normalized spacial score (nSPS) is 17.3. The van der Waals surface area contributed by atoms with Crippen LogP contribution in [0.3, 0.4) is 0 Å². The van der Waals surface area contributed by atoms with E-state index in [9.17, 15) is 18.9 Å². The molecule has 0 aromatic carbocycles. The number of hydrogen-bond donors (Lipinski definition) is 0. The average molecular weight is 333 g/mol. The van der Waals surface area contributed by atoms with Crippen molar-refractivity contribution in [3.63, 3.8) is 0 Å². The van der Waals surface area contributed by atoms with Crippen LogP contribution in [0.2, 0.25) is 0 Å². The fourth-order valence-corrected chi connectivity index (χ4v) is 4.81. The van der Waals surface area contributed by atoms with E-state index in [1.54, 1.807) is 6.92 Å². The van der Waals surface area contributed by atoms with Crippen molar-refractivity contribution in [1.29, 1.82) is 0 Å². The lowest BCUT2D eigenvalue weighted by molar-refractivity contribution is -0.197. The maximum atomic E-state index is 12.2.